The number of nitro benzene ring substituents is 1. The van der Waals surface area contributed by atoms with Crippen LogP contribution in [0.4, 0.5) is 30.4 Å². The van der Waals surface area contributed by atoms with E-state index >= 15 is 0 Å². The lowest BCUT2D eigenvalue weighted by atomic mass is 10.1. The van der Waals surface area contributed by atoms with E-state index in [1.807, 2.05) is 0 Å². The van der Waals surface area contributed by atoms with Gasteiger partial charge in [0, 0.05) is 43.4 Å². The molecule has 2 aromatic heterocycles. The van der Waals surface area contributed by atoms with Crippen molar-refractivity contribution >= 4 is 28.1 Å². The minimum absolute atomic E-state index is 0.0603. The molecule has 3 heterocycles. The summed E-state index contributed by atoms with van der Waals surface area (Å²) in [7, 11) is 0. The topological polar surface area (TPSA) is 116 Å². The molecule has 4 aromatic rings. The van der Waals surface area contributed by atoms with E-state index in [2.05, 4.69) is 25.2 Å². The van der Waals surface area contributed by atoms with Crippen molar-refractivity contribution in [3.63, 3.8) is 0 Å². The maximum atomic E-state index is 14.7. The van der Waals surface area contributed by atoms with Gasteiger partial charge in [0.2, 0.25) is 0 Å². The summed E-state index contributed by atoms with van der Waals surface area (Å²) in [4.78, 5) is 25.6. The van der Waals surface area contributed by atoms with Crippen molar-refractivity contribution in [2.75, 3.05) is 44.8 Å². The Morgan fingerprint density at radius 2 is 1.87 bits per heavy atom. The van der Waals surface area contributed by atoms with E-state index in [-0.39, 0.29) is 46.2 Å². The monoisotopic (exact) mass is 540 g/mol. The predicted molar refractivity (Wildman–Crippen MR) is 136 cm³/mol. The Kier molecular flexibility index (Phi) is 7.79. The highest BCUT2D eigenvalue weighted by molar-refractivity contribution is 5.94. The van der Waals surface area contributed by atoms with E-state index in [1.165, 1.54) is 30.6 Å². The molecule has 1 aliphatic heterocycles. The smallest absolute Gasteiger partial charge is 0.311 e. The second-order valence-corrected chi connectivity index (χ2v) is 8.78. The van der Waals surface area contributed by atoms with Crippen molar-refractivity contribution in [1.29, 1.82) is 0 Å². The molecule has 1 fully saturated rings. The number of hydrogen-bond acceptors (Lipinski definition) is 9. The number of nitrogens with zero attached hydrogens (tertiary/aromatic N) is 5. The van der Waals surface area contributed by atoms with Crippen LogP contribution in [0.1, 0.15) is 6.42 Å². The zero-order valence-electron chi connectivity index (χ0n) is 20.6. The molecule has 5 rings (SSSR count). The number of benzene rings is 2. The molecule has 0 spiro atoms. The molecule has 202 valence electrons. The lowest BCUT2D eigenvalue weighted by Crippen LogP contribution is -2.37. The van der Waals surface area contributed by atoms with Crippen molar-refractivity contribution in [2.24, 2.45) is 0 Å². The molecule has 1 N–H and O–H groups in total. The number of halogens is 3. The quantitative estimate of drug-likeness (QED) is 0.180. The van der Waals surface area contributed by atoms with Crippen LogP contribution in [-0.2, 0) is 4.74 Å². The molecule has 1 aliphatic rings. The first-order chi connectivity index (χ1) is 18.9. The summed E-state index contributed by atoms with van der Waals surface area (Å²) in [5.41, 5.74) is -0.0294. The Balaban J connectivity index is 1.39. The van der Waals surface area contributed by atoms with E-state index < -0.39 is 22.4 Å². The number of nitro groups is 1. The van der Waals surface area contributed by atoms with Crippen molar-refractivity contribution in [2.45, 2.75) is 6.42 Å². The van der Waals surface area contributed by atoms with E-state index in [1.54, 1.807) is 0 Å². The lowest BCUT2D eigenvalue weighted by Gasteiger charge is -2.26. The number of morpholine rings is 1. The van der Waals surface area contributed by atoms with Gasteiger partial charge in [-0.1, -0.05) is 0 Å². The fourth-order valence-corrected chi connectivity index (χ4v) is 4.25. The van der Waals surface area contributed by atoms with Gasteiger partial charge in [0.25, 0.3) is 0 Å². The number of hydrogen-bond donors (Lipinski definition) is 1. The summed E-state index contributed by atoms with van der Waals surface area (Å²) < 4.78 is 53.3. The Morgan fingerprint density at radius 1 is 1.05 bits per heavy atom. The SMILES string of the molecule is O=[N+]([O-])c1cc2c(Nc3cc(-c4ncc(F)cc4F)ccc3F)ncnc2cc1OCCCN1CCOCC1. The second kappa shape index (κ2) is 11.6. The third kappa shape index (κ3) is 6.04. The summed E-state index contributed by atoms with van der Waals surface area (Å²) >= 11 is 0. The summed E-state index contributed by atoms with van der Waals surface area (Å²) in [6.07, 6.45) is 2.75. The molecular weight excluding hydrogens is 517 g/mol. The molecule has 39 heavy (non-hydrogen) atoms. The summed E-state index contributed by atoms with van der Waals surface area (Å²) in [5, 5.41) is 14.9. The number of fused-ring (bicyclic) bond motifs is 1. The van der Waals surface area contributed by atoms with Gasteiger partial charge in [-0.05, 0) is 24.6 Å². The van der Waals surface area contributed by atoms with Gasteiger partial charge >= 0.3 is 5.69 Å². The van der Waals surface area contributed by atoms with Gasteiger partial charge < -0.3 is 14.8 Å². The molecule has 13 heteroatoms. The number of anilines is 2. The van der Waals surface area contributed by atoms with Crippen LogP contribution < -0.4 is 10.1 Å². The van der Waals surface area contributed by atoms with Crippen LogP contribution in [0.5, 0.6) is 5.75 Å². The van der Waals surface area contributed by atoms with Gasteiger partial charge in [-0.2, -0.15) is 0 Å². The highest BCUT2D eigenvalue weighted by Crippen LogP contribution is 2.35. The fourth-order valence-electron chi connectivity index (χ4n) is 4.25. The van der Waals surface area contributed by atoms with Crippen LogP contribution in [0.25, 0.3) is 22.2 Å². The third-order valence-electron chi connectivity index (χ3n) is 6.19. The number of aromatic nitrogens is 3. The number of rotatable bonds is 9. The van der Waals surface area contributed by atoms with Crippen molar-refractivity contribution < 1.29 is 27.6 Å². The molecule has 0 bridgehead atoms. The van der Waals surface area contributed by atoms with Crippen LogP contribution >= 0.6 is 0 Å². The first kappa shape index (κ1) is 26.3. The first-order valence-corrected chi connectivity index (χ1v) is 12.1. The maximum absolute atomic E-state index is 14.7. The predicted octanol–water partition coefficient (Wildman–Crippen LogP) is 4.86. The molecule has 2 aromatic carbocycles. The zero-order valence-corrected chi connectivity index (χ0v) is 20.6. The minimum Gasteiger partial charge on any atom is -0.487 e. The Labute approximate surface area is 220 Å². The number of ether oxygens (including phenoxy) is 2. The minimum atomic E-state index is -0.909. The number of pyridine rings is 1. The van der Waals surface area contributed by atoms with E-state index in [0.29, 0.717) is 31.2 Å². The van der Waals surface area contributed by atoms with Crippen LogP contribution in [0.3, 0.4) is 0 Å². The van der Waals surface area contributed by atoms with Gasteiger partial charge in [-0.25, -0.2) is 23.1 Å². The average molecular weight is 541 g/mol. The molecule has 0 amide bonds. The van der Waals surface area contributed by atoms with Crippen LogP contribution in [0, 0.1) is 27.6 Å². The molecular formula is C26H23F3N6O4. The highest BCUT2D eigenvalue weighted by atomic mass is 19.1. The molecule has 1 saturated heterocycles. The Bertz CT molecular complexity index is 1520. The van der Waals surface area contributed by atoms with Crippen LogP contribution in [0.2, 0.25) is 0 Å². The van der Waals surface area contributed by atoms with Gasteiger partial charge in [0.15, 0.2) is 11.6 Å². The molecule has 0 aliphatic carbocycles. The normalized spacial score (nSPS) is 13.9. The lowest BCUT2D eigenvalue weighted by molar-refractivity contribution is -0.385. The molecule has 0 atom stereocenters. The first-order valence-electron chi connectivity index (χ1n) is 12.1. The standard InChI is InChI=1S/C26H23F3N6O4/c27-17-11-20(29)25(30-14-17)16-2-3-19(28)22(10-16)33-26-18-12-23(35(36)37)24(13-21(18)31-15-32-26)39-7-1-4-34-5-8-38-9-6-34/h2-3,10-15H,1,4-9H2,(H,31,32,33). The highest BCUT2D eigenvalue weighted by Gasteiger charge is 2.20. The van der Waals surface area contributed by atoms with E-state index in [0.717, 1.165) is 31.9 Å². The molecule has 10 nitrogen and oxygen atoms in total. The second-order valence-electron chi connectivity index (χ2n) is 8.78. The van der Waals surface area contributed by atoms with E-state index in [4.69, 9.17) is 9.47 Å². The van der Waals surface area contributed by atoms with Gasteiger partial charge in [-0.3, -0.25) is 20.0 Å². The largest absolute Gasteiger partial charge is 0.487 e. The maximum Gasteiger partial charge on any atom is 0.311 e. The summed E-state index contributed by atoms with van der Waals surface area (Å²) in [6.45, 7) is 4.08. The molecule has 0 unspecified atom stereocenters. The molecule has 0 saturated carbocycles. The van der Waals surface area contributed by atoms with E-state index in [9.17, 15) is 23.3 Å². The summed E-state index contributed by atoms with van der Waals surface area (Å²) in [5.74, 6) is -2.29. The van der Waals surface area contributed by atoms with Gasteiger partial charge in [0.05, 0.1) is 47.5 Å². The Morgan fingerprint density at radius 3 is 2.64 bits per heavy atom. The van der Waals surface area contributed by atoms with Crippen LogP contribution in [-0.4, -0.2) is 64.2 Å². The number of nitrogens with one attached hydrogen (secondary N) is 1. The zero-order chi connectivity index (χ0) is 27.4. The van der Waals surface area contributed by atoms with Gasteiger partial charge in [-0.15, -0.1) is 0 Å². The Hall–Kier alpha value is -4.36. The van der Waals surface area contributed by atoms with Crippen molar-refractivity contribution in [3.05, 3.63) is 76.5 Å². The van der Waals surface area contributed by atoms with Crippen LogP contribution in [0.15, 0.2) is 48.9 Å². The third-order valence-corrected chi connectivity index (χ3v) is 6.19. The fraction of sp³-hybridized carbons (Fsp3) is 0.269. The molecule has 0 radical (unpaired) electrons. The van der Waals surface area contributed by atoms with Crippen molar-refractivity contribution in [3.8, 4) is 17.0 Å². The van der Waals surface area contributed by atoms with Crippen molar-refractivity contribution in [1.82, 2.24) is 19.9 Å². The average Bonchev–Trinajstić information content (AvgIpc) is 2.92. The van der Waals surface area contributed by atoms with Gasteiger partial charge in [0.1, 0.15) is 29.5 Å². The summed E-state index contributed by atoms with van der Waals surface area (Å²) in [6, 6.07) is 7.06.